The number of alkyl halides is 5. The minimum atomic E-state index is -4.56. The summed E-state index contributed by atoms with van der Waals surface area (Å²) in [4.78, 5) is 35.9. The molecule has 5 rings (SSSR count). The van der Waals surface area contributed by atoms with Crippen molar-refractivity contribution in [1.29, 1.82) is 0 Å². The summed E-state index contributed by atoms with van der Waals surface area (Å²) < 4.78 is 73.8. The average molecular weight is 545 g/mol. The van der Waals surface area contributed by atoms with E-state index in [9.17, 15) is 31.5 Å². The van der Waals surface area contributed by atoms with Crippen LogP contribution in [0.1, 0.15) is 77.7 Å². The predicted octanol–water partition coefficient (Wildman–Crippen LogP) is 5.84. The van der Waals surface area contributed by atoms with Crippen molar-refractivity contribution in [3.05, 3.63) is 28.5 Å². The van der Waals surface area contributed by atoms with Crippen LogP contribution < -0.4 is 5.32 Å². The van der Waals surface area contributed by atoms with Crippen molar-refractivity contribution in [2.45, 2.75) is 76.2 Å². The molecule has 2 aromatic rings. The van der Waals surface area contributed by atoms with Crippen LogP contribution in [0.3, 0.4) is 0 Å². The molecule has 7 nitrogen and oxygen atoms in total. The van der Waals surface area contributed by atoms with E-state index in [2.05, 4.69) is 15.3 Å². The van der Waals surface area contributed by atoms with E-state index in [0.717, 1.165) is 49.3 Å². The molecule has 3 fully saturated rings. The average Bonchev–Trinajstić information content (AvgIpc) is 3.28. The zero-order valence-corrected chi connectivity index (χ0v) is 20.7. The fourth-order valence-corrected chi connectivity index (χ4v) is 6.25. The summed E-state index contributed by atoms with van der Waals surface area (Å²) in [6, 6.07) is -0.963. The van der Waals surface area contributed by atoms with Crippen molar-refractivity contribution in [2.24, 2.45) is 5.92 Å². The summed E-state index contributed by atoms with van der Waals surface area (Å²) >= 11 is 0.734. The summed E-state index contributed by atoms with van der Waals surface area (Å²) in [5.41, 5.74) is -0.910. The Morgan fingerprint density at radius 1 is 1.16 bits per heavy atom. The topological polar surface area (TPSA) is 84.4 Å². The Bertz CT molecular complexity index is 1180. The van der Waals surface area contributed by atoms with Crippen molar-refractivity contribution >= 4 is 29.0 Å². The number of hydrogen-bond donors (Lipinski definition) is 1. The normalized spacial score (nSPS) is 22.0. The predicted molar refractivity (Wildman–Crippen MR) is 125 cm³/mol. The molecule has 1 N–H and O–H groups in total. The van der Waals surface area contributed by atoms with E-state index in [1.807, 2.05) is 0 Å². The lowest BCUT2D eigenvalue weighted by Crippen LogP contribution is -2.38. The highest BCUT2D eigenvalue weighted by molar-refractivity contribution is 7.17. The van der Waals surface area contributed by atoms with E-state index in [1.54, 1.807) is 11.8 Å². The van der Waals surface area contributed by atoms with Crippen LogP contribution in [0.15, 0.2) is 12.3 Å². The fraction of sp³-hybridized carbons (Fsp3) is 0.583. The minimum Gasteiger partial charge on any atom is -0.461 e. The van der Waals surface area contributed by atoms with E-state index in [4.69, 9.17) is 4.74 Å². The Kier molecular flexibility index (Phi) is 6.84. The maximum atomic E-state index is 14.2. The zero-order chi connectivity index (χ0) is 26.5. The Labute approximate surface area is 213 Å². The third-order valence-corrected chi connectivity index (χ3v) is 8.20. The van der Waals surface area contributed by atoms with Gasteiger partial charge in [-0.1, -0.05) is 0 Å². The number of aromatic nitrogens is 2. The molecule has 200 valence electrons. The van der Waals surface area contributed by atoms with E-state index in [1.165, 1.54) is 0 Å². The van der Waals surface area contributed by atoms with E-state index in [-0.39, 0.29) is 45.7 Å². The van der Waals surface area contributed by atoms with Gasteiger partial charge in [0.05, 0.1) is 11.5 Å². The second kappa shape index (κ2) is 9.80. The van der Waals surface area contributed by atoms with Gasteiger partial charge in [-0.05, 0) is 57.4 Å². The van der Waals surface area contributed by atoms with Crippen molar-refractivity contribution in [1.82, 2.24) is 14.9 Å². The number of esters is 1. The first-order chi connectivity index (χ1) is 17.6. The van der Waals surface area contributed by atoms with Crippen LogP contribution in [-0.2, 0) is 4.74 Å². The number of carbonyl (C=O) groups is 2. The molecule has 37 heavy (non-hydrogen) atoms. The Hall–Kier alpha value is -2.83. The number of hydrogen-bond acceptors (Lipinski definition) is 7. The van der Waals surface area contributed by atoms with Crippen LogP contribution in [0, 0.1) is 5.92 Å². The van der Waals surface area contributed by atoms with Crippen LogP contribution in [0.4, 0.5) is 27.8 Å². The maximum Gasteiger partial charge on any atom is 0.408 e. The van der Waals surface area contributed by atoms with Gasteiger partial charge in [0.25, 0.3) is 12.3 Å². The number of carbonyl (C=O) groups excluding carboxylic acids is 2. The lowest BCUT2D eigenvalue weighted by molar-refractivity contribution is -0.146. The van der Waals surface area contributed by atoms with Gasteiger partial charge in [-0.2, -0.15) is 13.2 Å². The summed E-state index contributed by atoms with van der Waals surface area (Å²) in [5.74, 6) is -2.22. The number of halogens is 5. The molecule has 1 saturated carbocycles. The molecule has 2 aromatic heterocycles. The lowest BCUT2D eigenvalue weighted by Gasteiger charge is -2.23. The van der Waals surface area contributed by atoms with Gasteiger partial charge in [-0.3, -0.25) is 4.79 Å². The highest BCUT2D eigenvalue weighted by atomic mass is 32.1. The maximum absolute atomic E-state index is 14.2. The number of anilines is 1. The van der Waals surface area contributed by atoms with E-state index in [0.29, 0.717) is 12.8 Å². The monoisotopic (exact) mass is 544 g/mol. The van der Waals surface area contributed by atoms with Gasteiger partial charge in [-0.25, -0.2) is 23.5 Å². The Morgan fingerprint density at radius 2 is 1.81 bits per heavy atom. The van der Waals surface area contributed by atoms with Gasteiger partial charge in [-0.15, -0.1) is 11.3 Å². The first-order valence-electron chi connectivity index (χ1n) is 12.2. The molecule has 0 spiro atoms. The smallest absolute Gasteiger partial charge is 0.408 e. The molecule has 2 saturated heterocycles. The molecule has 0 radical (unpaired) electrons. The van der Waals surface area contributed by atoms with E-state index >= 15 is 0 Å². The van der Waals surface area contributed by atoms with Crippen molar-refractivity contribution < 1.29 is 36.3 Å². The Balaban J connectivity index is 1.54. The summed E-state index contributed by atoms with van der Waals surface area (Å²) in [6.07, 6.45) is -2.49. The quantitative estimate of drug-likeness (QED) is 0.332. The van der Waals surface area contributed by atoms with Gasteiger partial charge in [0.2, 0.25) is 5.01 Å². The molecule has 13 heteroatoms. The largest absolute Gasteiger partial charge is 0.461 e. The second-order valence-electron chi connectivity index (χ2n) is 9.55. The van der Waals surface area contributed by atoms with Crippen LogP contribution in [0.2, 0.25) is 0 Å². The molecule has 3 aliphatic rings. The SMILES string of the molecule is CCOC(=O)c1nc(C(=O)N2[C@H]3CC[C@@H]2CC3)c(-c2cnc(N[C@@H](C3CC3)C(F)(F)F)cc2C(F)F)s1. The number of nitrogens with one attached hydrogen (secondary N) is 1. The van der Waals surface area contributed by atoms with Crippen molar-refractivity contribution in [3.8, 4) is 10.4 Å². The summed E-state index contributed by atoms with van der Waals surface area (Å²) in [7, 11) is 0. The van der Waals surface area contributed by atoms with Crippen LogP contribution in [-0.4, -0.2) is 57.7 Å². The number of ether oxygens (including phenoxy) is 1. The number of amides is 1. The number of fused-ring (bicyclic) bond motifs is 2. The second-order valence-corrected chi connectivity index (χ2v) is 10.5. The molecule has 1 atom stereocenters. The third-order valence-electron chi connectivity index (χ3n) is 7.13. The molecule has 2 bridgehead atoms. The summed E-state index contributed by atoms with van der Waals surface area (Å²) in [6.45, 7) is 1.65. The lowest BCUT2D eigenvalue weighted by atomic mass is 10.0. The molecule has 4 heterocycles. The first kappa shape index (κ1) is 25.8. The third kappa shape index (κ3) is 5.01. The molecule has 0 aromatic carbocycles. The van der Waals surface area contributed by atoms with Crippen molar-refractivity contribution in [3.63, 3.8) is 0 Å². The van der Waals surface area contributed by atoms with E-state index < -0.39 is 42.0 Å². The number of rotatable bonds is 8. The standard InChI is InChI=1S/C24H25F5N4O3S/c1-2-36-23(35)21-32-17(22(34)33-12-5-6-13(33)8-7-12)18(37-21)15-10-30-16(9-14(15)20(25)26)31-19(11-3-4-11)24(27,28)29/h9-13,19-20H,2-8H2,1H3,(H,30,31)/t12-,13+,19-/m0/s1. The first-order valence-corrected chi connectivity index (χ1v) is 13.0. The molecule has 2 aliphatic heterocycles. The highest BCUT2D eigenvalue weighted by Crippen LogP contribution is 2.44. The Morgan fingerprint density at radius 3 is 2.35 bits per heavy atom. The van der Waals surface area contributed by atoms with Crippen LogP contribution in [0.5, 0.6) is 0 Å². The molecule has 1 aliphatic carbocycles. The molecule has 0 unspecified atom stereocenters. The van der Waals surface area contributed by atoms with Gasteiger partial charge < -0.3 is 15.0 Å². The van der Waals surface area contributed by atoms with Crippen LogP contribution >= 0.6 is 11.3 Å². The fourth-order valence-electron chi connectivity index (χ4n) is 5.27. The zero-order valence-electron chi connectivity index (χ0n) is 19.9. The van der Waals surface area contributed by atoms with Gasteiger partial charge in [0, 0.05) is 29.4 Å². The minimum absolute atomic E-state index is 0.0169. The van der Waals surface area contributed by atoms with Crippen molar-refractivity contribution in [2.75, 3.05) is 11.9 Å². The van der Waals surface area contributed by atoms with Gasteiger partial charge in [0.1, 0.15) is 17.6 Å². The number of thiazole rings is 1. The number of pyridine rings is 1. The number of nitrogens with zero attached hydrogens (tertiary/aromatic N) is 3. The highest BCUT2D eigenvalue weighted by Gasteiger charge is 2.49. The van der Waals surface area contributed by atoms with Gasteiger partial charge >= 0.3 is 12.1 Å². The molecular weight excluding hydrogens is 519 g/mol. The molecular formula is C24H25F5N4O3S. The summed E-state index contributed by atoms with van der Waals surface area (Å²) in [5, 5.41) is 2.10. The van der Waals surface area contributed by atoms with Gasteiger partial charge in [0.15, 0.2) is 0 Å². The van der Waals surface area contributed by atoms with Crippen LogP contribution in [0.25, 0.3) is 10.4 Å². The molecule has 1 amide bonds.